The van der Waals surface area contributed by atoms with Crippen LogP contribution in [0.4, 0.5) is 32.0 Å². The van der Waals surface area contributed by atoms with Crippen LogP contribution in [0, 0.1) is 5.92 Å². The Morgan fingerprint density at radius 2 is 1.61 bits per heavy atom. The number of hydrogen-bond acceptors (Lipinski definition) is 4. The maximum atomic E-state index is 13.9. The van der Waals surface area contributed by atoms with Gasteiger partial charge in [0.15, 0.2) is 5.78 Å². The van der Waals surface area contributed by atoms with Crippen LogP contribution in [-0.4, -0.2) is 47.6 Å². The van der Waals surface area contributed by atoms with Gasteiger partial charge in [0.25, 0.3) is 0 Å². The number of amides is 1. The molecular weight excluding hydrogens is 706 g/mol. The number of alkyl halides is 6. The van der Waals surface area contributed by atoms with Gasteiger partial charge in [0.1, 0.15) is 6.54 Å². The average Bonchev–Trinajstić information content (AvgIpc) is 3.70. The van der Waals surface area contributed by atoms with Crippen molar-refractivity contribution in [1.29, 1.82) is 0 Å². The van der Waals surface area contributed by atoms with Crippen molar-refractivity contribution >= 4 is 28.4 Å². The average molecular weight is 743 g/mol. The first-order valence-electron chi connectivity index (χ1n) is 17.5. The van der Waals surface area contributed by atoms with Crippen molar-refractivity contribution in [3.63, 3.8) is 0 Å². The molecule has 0 spiro atoms. The van der Waals surface area contributed by atoms with Crippen LogP contribution >= 0.6 is 0 Å². The second-order valence-electron chi connectivity index (χ2n) is 13.8. The predicted octanol–water partition coefficient (Wildman–Crippen LogP) is 9.28. The Hall–Kier alpha value is -5.65. The van der Waals surface area contributed by atoms with Gasteiger partial charge in [-0.05, 0) is 65.4 Å². The number of rotatable bonds is 11. The maximum absolute atomic E-state index is 13.9. The number of anilines is 1. The smallest absolute Gasteiger partial charge is 0.367 e. The molecule has 2 aliphatic carbocycles. The molecule has 0 radical (unpaired) electrons. The Labute approximate surface area is 307 Å². The van der Waals surface area contributed by atoms with Gasteiger partial charge in [-0.25, -0.2) is 4.98 Å². The number of carbonyl (C=O) groups excluding carboxylic acids is 2. The summed E-state index contributed by atoms with van der Waals surface area (Å²) in [5, 5.41) is 2.20. The summed E-state index contributed by atoms with van der Waals surface area (Å²) in [4.78, 5) is 33.8. The molecule has 278 valence electrons. The van der Waals surface area contributed by atoms with E-state index in [-0.39, 0.29) is 24.2 Å². The molecule has 12 heteroatoms. The van der Waals surface area contributed by atoms with Crippen molar-refractivity contribution in [2.75, 3.05) is 25.0 Å². The van der Waals surface area contributed by atoms with Gasteiger partial charge in [0.2, 0.25) is 5.91 Å². The highest BCUT2D eigenvalue weighted by Crippen LogP contribution is 2.55. The number of ketones is 1. The molecule has 5 aromatic rings. The largest absolute Gasteiger partial charge is 0.416 e. The first-order valence-corrected chi connectivity index (χ1v) is 17.5. The normalized spacial score (nSPS) is 19.1. The van der Waals surface area contributed by atoms with Gasteiger partial charge in [0, 0.05) is 36.7 Å². The number of carbonyl (C=O) groups is 2. The molecule has 0 aliphatic heterocycles. The second kappa shape index (κ2) is 14.3. The fraction of sp³-hybridized carbons (Fsp3) is 0.262. The lowest BCUT2D eigenvalue weighted by molar-refractivity contribution is -0.143. The van der Waals surface area contributed by atoms with E-state index in [0.29, 0.717) is 41.6 Å². The number of nitrogens with zero attached hydrogens (tertiary/aromatic N) is 3. The van der Waals surface area contributed by atoms with Crippen LogP contribution in [-0.2, 0) is 22.9 Å². The molecule has 0 saturated heterocycles. The highest BCUT2D eigenvalue weighted by Gasteiger charge is 2.55. The van der Waals surface area contributed by atoms with Crippen LogP contribution in [0.3, 0.4) is 0 Å². The van der Waals surface area contributed by atoms with E-state index in [0.717, 1.165) is 34.5 Å². The van der Waals surface area contributed by atoms with Crippen LogP contribution in [0.1, 0.15) is 45.8 Å². The molecule has 0 fully saturated rings. The lowest BCUT2D eigenvalue weighted by Crippen LogP contribution is -2.50. The molecule has 1 heterocycles. The van der Waals surface area contributed by atoms with E-state index in [1.165, 1.54) is 12.1 Å². The van der Waals surface area contributed by atoms with Gasteiger partial charge in [-0.3, -0.25) is 9.59 Å². The van der Waals surface area contributed by atoms with Crippen LogP contribution in [0.5, 0.6) is 0 Å². The van der Waals surface area contributed by atoms with Gasteiger partial charge in [-0.1, -0.05) is 85.0 Å². The van der Waals surface area contributed by atoms with Crippen LogP contribution in [0.2, 0.25) is 0 Å². The number of aryl methyl sites for hydroxylation is 1. The number of imidazole rings is 1. The fourth-order valence-corrected chi connectivity index (χ4v) is 7.98. The van der Waals surface area contributed by atoms with E-state index in [1.807, 2.05) is 71.3 Å². The Morgan fingerprint density at radius 3 is 2.37 bits per heavy atom. The summed E-state index contributed by atoms with van der Waals surface area (Å²) in [5.41, 5.74) is 3.34. The minimum absolute atomic E-state index is 0.00435. The Morgan fingerprint density at radius 1 is 0.889 bits per heavy atom. The minimum Gasteiger partial charge on any atom is -0.367 e. The van der Waals surface area contributed by atoms with Crippen molar-refractivity contribution in [1.82, 2.24) is 14.9 Å². The van der Waals surface area contributed by atoms with Crippen LogP contribution in [0.15, 0.2) is 122 Å². The molecule has 1 aromatic heterocycles. The van der Waals surface area contributed by atoms with Crippen LogP contribution in [0.25, 0.3) is 22.2 Å². The summed E-state index contributed by atoms with van der Waals surface area (Å²) in [6, 6.07) is 24.6. The SMILES string of the molecule is CN(CC(=O)c1ccccc1-c1ccc(C(F)(F)F)cc1)c1ccc2c(c1)ncn2CCCC1(C(=O)NCC(F)(F)F)c2ccccc2C2C=CC=C[C@H]21. The highest BCUT2D eigenvalue weighted by atomic mass is 19.4. The molecule has 3 atom stereocenters. The first-order chi connectivity index (χ1) is 25.8. The predicted molar refractivity (Wildman–Crippen MR) is 195 cm³/mol. The summed E-state index contributed by atoms with van der Waals surface area (Å²) in [6.07, 6.45) is 1.15. The molecule has 7 rings (SSSR count). The molecule has 1 N–H and O–H groups in total. The zero-order valence-electron chi connectivity index (χ0n) is 29.2. The number of likely N-dealkylation sites (N-methyl/N-ethyl adjacent to an activating group) is 1. The third kappa shape index (κ3) is 7.04. The summed E-state index contributed by atoms with van der Waals surface area (Å²) in [6.45, 7) is -0.958. The van der Waals surface area contributed by atoms with E-state index >= 15 is 0 Å². The van der Waals surface area contributed by atoms with Gasteiger partial charge in [0.05, 0.1) is 34.9 Å². The number of fused-ring (bicyclic) bond motifs is 4. The quantitative estimate of drug-likeness (QED) is 0.108. The molecule has 0 saturated carbocycles. The van der Waals surface area contributed by atoms with Gasteiger partial charge < -0.3 is 14.8 Å². The number of benzene rings is 4. The van der Waals surface area contributed by atoms with Gasteiger partial charge in [-0.2, -0.15) is 26.3 Å². The molecule has 54 heavy (non-hydrogen) atoms. The molecule has 1 amide bonds. The summed E-state index contributed by atoms with van der Waals surface area (Å²) in [7, 11) is 1.77. The summed E-state index contributed by atoms with van der Waals surface area (Å²) in [5.74, 6) is -1.32. The summed E-state index contributed by atoms with van der Waals surface area (Å²) >= 11 is 0. The number of nitrogens with one attached hydrogen (secondary N) is 1. The zero-order chi connectivity index (χ0) is 38.3. The molecule has 2 unspecified atom stereocenters. The highest BCUT2D eigenvalue weighted by molar-refractivity contribution is 6.05. The van der Waals surface area contributed by atoms with Gasteiger partial charge in [-0.15, -0.1) is 0 Å². The molecular formula is C42H36F6N4O2. The molecule has 2 aliphatic rings. The Bertz CT molecular complexity index is 2260. The van der Waals surface area contributed by atoms with Crippen molar-refractivity contribution < 1.29 is 35.9 Å². The number of allylic oxidation sites excluding steroid dienone is 4. The van der Waals surface area contributed by atoms with E-state index < -0.39 is 35.8 Å². The monoisotopic (exact) mass is 742 g/mol. The van der Waals surface area contributed by atoms with Crippen LogP contribution < -0.4 is 10.2 Å². The van der Waals surface area contributed by atoms with E-state index in [1.54, 1.807) is 42.5 Å². The van der Waals surface area contributed by atoms with Gasteiger partial charge >= 0.3 is 12.4 Å². The van der Waals surface area contributed by atoms with E-state index in [2.05, 4.69) is 10.3 Å². The molecule has 6 nitrogen and oxygen atoms in total. The number of Topliss-reactive ketones (excluding diaryl/α,β-unsaturated/α-hetero) is 1. The van der Waals surface area contributed by atoms with Crippen molar-refractivity contribution in [2.24, 2.45) is 5.92 Å². The van der Waals surface area contributed by atoms with E-state index in [4.69, 9.17) is 0 Å². The zero-order valence-corrected chi connectivity index (χ0v) is 29.2. The van der Waals surface area contributed by atoms with Crippen molar-refractivity contribution in [3.8, 4) is 11.1 Å². The number of aromatic nitrogens is 2. The third-order valence-corrected chi connectivity index (χ3v) is 10.5. The van der Waals surface area contributed by atoms with Crippen molar-refractivity contribution in [2.45, 2.75) is 43.1 Å². The maximum Gasteiger partial charge on any atom is 0.416 e. The lowest BCUT2D eigenvalue weighted by Gasteiger charge is -2.36. The second-order valence-corrected chi connectivity index (χ2v) is 13.8. The van der Waals surface area contributed by atoms with Crippen molar-refractivity contribution in [3.05, 3.63) is 144 Å². The Kier molecular flexibility index (Phi) is 9.72. The Balaban J connectivity index is 1.07. The lowest BCUT2D eigenvalue weighted by atomic mass is 9.68. The number of halogens is 6. The number of hydrogen-bond donors (Lipinski definition) is 1. The topological polar surface area (TPSA) is 67.2 Å². The summed E-state index contributed by atoms with van der Waals surface area (Å²) < 4.78 is 81.2. The third-order valence-electron chi connectivity index (χ3n) is 10.5. The minimum atomic E-state index is -4.55. The van der Waals surface area contributed by atoms with E-state index in [9.17, 15) is 35.9 Å². The standard InChI is InChI=1S/C42H36F6N4O2/c1-51(24-38(53)33-12-3-2-9-30(33)27-15-17-28(18-16-27)42(46,47)48)29-19-20-37-36(23-29)50-26-52(37)22-8-21-40(39(54)49-25-41(43,44)45)34-13-6-4-10-31(34)32-11-5-7-14-35(32)40/h2-7,9-20,23,26,31,34H,8,21-22,24-25H2,1H3,(H,49,54)/t31?,34-,40?/m1/s1. The molecule has 4 aromatic carbocycles. The fourth-order valence-electron chi connectivity index (χ4n) is 7.98. The first kappa shape index (κ1) is 36.7. The molecule has 0 bridgehead atoms.